The summed E-state index contributed by atoms with van der Waals surface area (Å²) in [4.78, 5) is 23.6. The molecular formula is C20H14ClN3OS. The largest absolute Gasteiger partial charge is 0.279 e. The Kier molecular flexibility index (Phi) is 4.65. The topological polar surface area (TPSA) is 46.1 Å². The minimum absolute atomic E-state index is 0.0976. The second kappa shape index (κ2) is 7.23. The van der Waals surface area contributed by atoms with E-state index in [-0.39, 0.29) is 5.91 Å². The van der Waals surface area contributed by atoms with E-state index in [0.717, 1.165) is 15.8 Å². The maximum Gasteiger partial charge on any atom is 0.260 e. The van der Waals surface area contributed by atoms with Gasteiger partial charge in [-0.2, -0.15) is 0 Å². The highest BCUT2D eigenvalue weighted by atomic mass is 35.5. The first kappa shape index (κ1) is 16.7. The van der Waals surface area contributed by atoms with Crippen molar-refractivity contribution in [1.29, 1.82) is 0 Å². The van der Waals surface area contributed by atoms with E-state index in [4.69, 9.17) is 11.6 Å². The molecule has 0 saturated heterocycles. The van der Waals surface area contributed by atoms with Gasteiger partial charge in [0.2, 0.25) is 0 Å². The van der Waals surface area contributed by atoms with Crippen molar-refractivity contribution in [1.82, 2.24) is 9.97 Å². The zero-order valence-electron chi connectivity index (χ0n) is 13.7. The molecule has 2 aromatic heterocycles. The molecule has 1 amide bonds. The van der Waals surface area contributed by atoms with Gasteiger partial charge in [0.05, 0.1) is 16.8 Å². The minimum Gasteiger partial charge on any atom is -0.279 e. The van der Waals surface area contributed by atoms with Crippen LogP contribution in [0.15, 0.2) is 73.1 Å². The van der Waals surface area contributed by atoms with E-state index < -0.39 is 0 Å². The molecule has 0 aliphatic rings. The van der Waals surface area contributed by atoms with E-state index in [1.54, 1.807) is 23.4 Å². The third-order valence-electron chi connectivity index (χ3n) is 3.90. The zero-order valence-corrected chi connectivity index (χ0v) is 15.2. The highest BCUT2D eigenvalue weighted by Crippen LogP contribution is 2.32. The number of nitrogens with zero attached hydrogens (tertiary/aromatic N) is 3. The first-order chi connectivity index (χ1) is 12.7. The molecule has 128 valence electrons. The Morgan fingerprint density at radius 3 is 2.69 bits per heavy atom. The van der Waals surface area contributed by atoms with Gasteiger partial charge >= 0.3 is 0 Å². The third-order valence-corrected chi connectivity index (χ3v) is 5.18. The smallest absolute Gasteiger partial charge is 0.260 e. The Bertz CT molecular complexity index is 1050. The highest BCUT2D eigenvalue weighted by Gasteiger charge is 2.21. The summed E-state index contributed by atoms with van der Waals surface area (Å²) in [5.41, 5.74) is 2.38. The molecule has 0 saturated carbocycles. The molecule has 4 rings (SSSR count). The van der Waals surface area contributed by atoms with Gasteiger partial charge < -0.3 is 0 Å². The number of anilines is 1. The molecule has 0 aliphatic heterocycles. The summed E-state index contributed by atoms with van der Waals surface area (Å²) in [5, 5.41) is 1.29. The second-order valence-corrected chi connectivity index (χ2v) is 7.17. The summed E-state index contributed by atoms with van der Waals surface area (Å²) >= 11 is 7.54. The molecule has 0 fully saturated rings. The van der Waals surface area contributed by atoms with Crippen LogP contribution in [-0.4, -0.2) is 15.9 Å². The van der Waals surface area contributed by atoms with E-state index in [9.17, 15) is 4.79 Å². The molecule has 6 heteroatoms. The highest BCUT2D eigenvalue weighted by molar-refractivity contribution is 7.22. The zero-order chi connectivity index (χ0) is 17.9. The van der Waals surface area contributed by atoms with Crippen molar-refractivity contribution in [3.8, 4) is 0 Å². The number of carbonyl (C=O) groups is 1. The van der Waals surface area contributed by atoms with Crippen LogP contribution in [0.3, 0.4) is 0 Å². The van der Waals surface area contributed by atoms with Crippen LogP contribution in [0.2, 0.25) is 5.02 Å². The summed E-state index contributed by atoms with van der Waals surface area (Å²) in [6, 6.07) is 18.6. The molecule has 0 aliphatic carbocycles. The van der Waals surface area contributed by atoms with E-state index >= 15 is 0 Å². The molecule has 0 unspecified atom stereocenters. The predicted octanol–water partition coefficient (Wildman–Crippen LogP) is 5.19. The van der Waals surface area contributed by atoms with Crippen molar-refractivity contribution in [2.75, 3.05) is 4.90 Å². The van der Waals surface area contributed by atoms with Gasteiger partial charge in [0.25, 0.3) is 5.91 Å². The Hall–Kier alpha value is -2.76. The van der Waals surface area contributed by atoms with Crippen molar-refractivity contribution < 1.29 is 4.79 Å². The standard InChI is InChI=1S/C20H14ClN3OS/c21-16-8-9-17-18(11-16)26-20(23-17)24(13-14-5-4-10-22-12-14)19(25)15-6-2-1-3-7-15/h1-12H,13H2. The number of pyridine rings is 1. The molecule has 4 aromatic rings. The van der Waals surface area contributed by atoms with Crippen LogP contribution < -0.4 is 4.90 Å². The lowest BCUT2D eigenvalue weighted by Crippen LogP contribution is -2.30. The van der Waals surface area contributed by atoms with Crippen LogP contribution in [0, 0.1) is 0 Å². The molecular weight excluding hydrogens is 366 g/mol. The lowest BCUT2D eigenvalue weighted by molar-refractivity contribution is 0.0985. The first-order valence-electron chi connectivity index (χ1n) is 8.02. The van der Waals surface area contributed by atoms with E-state index in [0.29, 0.717) is 22.3 Å². The Labute approximate surface area is 159 Å². The molecule has 0 spiro atoms. The average molecular weight is 380 g/mol. The quantitative estimate of drug-likeness (QED) is 0.490. The number of benzene rings is 2. The van der Waals surface area contributed by atoms with Gasteiger partial charge in [-0.1, -0.05) is 47.2 Å². The number of aromatic nitrogens is 2. The molecule has 4 nitrogen and oxygen atoms in total. The number of rotatable bonds is 4. The number of hydrogen-bond acceptors (Lipinski definition) is 4. The number of thiazole rings is 1. The van der Waals surface area contributed by atoms with Crippen molar-refractivity contribution in [2.45, 2.75) is 6.54 Å². The van der Waals surface area contributed by atoms with Gasteiger partial charge in [0, 0.05) is 23.0 Å². The van der Waals surface area contributed by atoms with Crippen LogP contribution in [0.25, 0.3) is 10.2 Å². The third kappa shape index (κ3) is 3.45. The van der Waals surface area contributed by atoms with Crippen LogP contribution in [0.5, 0.6) is 0 Å². The van der Waals surface area contributed by atoms with E-state index in [1.165, 1.54) is 11.3 Å². The monoisotopic (exact) mass is 379 g/mol. The Morgan fingerprint density at radius 2 is 1.92 bits per heavy atom. The SMILES string of the molecule is O=C(c1ccccc1)N(Cc1cccnc1)c1nc2ccc(Cl)cc2s1. The van der Waals surface area contributed by atoms with Crippen LogP contribution in [0.1, 0.15) is 15.9 Å². The number of halogens is 1. The van der Waals surface area contributed by atoms with Gasteiger partial charge in [-0.25, -0.2) is 4.98 Å². The fourth-order valence-corrected chi connectivity index (χ4v) is 3.88. The summed E-state index contributed by atoms with van der Waals surface area (Å²) in [6.45, 7) is 0.398. The number of amides is 1. The summed E-state index contributed by atoms with van der Waals surface area (Å²) in [7, 11) is 0. The normalized spacial score (nSPS) is 10.8. The van der Waals surface area contributed by atoms with Crippen molar-refractivity contribution in [3.05, 3.63) is 89.2 Å². The lowest BCUT2D eigenvalue weighted by atomic mass is 10.2. The summed E-state index contributed by atoms with van der Waals surface area (Å²) in [6.07, 6.45) is 3.47. The van der Waals surface area contributed by atoms with Gasteiger partial charge in [0.1, 0.15) is 0 Å². The van der Waals surface area contributed by atoms with Crippen LogP contribution in [-0.2, 0) is 6.54 Å². The maximum atomic E-state index is 13.1. The molecule has 2 aromatic carbocycles. The minimum atomic E-state index is -0.0976. The maximum absolute atomic E-state index is 13.1. The molecule has 0 bridgehead atoms. The van der Waals surface area contributed by atoms with Crippen molar-refractivity contribution in [3.63, 3.8) is 0 Å². The summed E-state index contributed by atoms with van der Waals surface area (Å²) < 4.78 is 0.949. The second-order valence-electron chi connectivity index (χ2n) is 5.73. The molecule has 0 N–H and O–H groups in total. The number of carbonyl (C=O) groups excluding carboxylic acids is 1. The van der Waals surface area contributed by atoms with Gasteiger partial charge in [0.15, 0.2) is 5.13 Å². The fraction of sp³-hybridized carbons (Fsp3) is 0.0500. The predicted molar refractivity (Wildman–Crippen MR) is 106 cm³/mol. The molecule has 0 radical (unpaired) electrons. The van der Waals surface area contributed by atoms with Crippen LogP contribution in [0.4, 0.5) is 5.13 Å². The first-order valence-corrected chi connectivity index (χ1v) is 9.22. The van der Waals surface area contributed by atoms with Gasteiger partial charge in [-0.15, -0.1) is 0 Å². The average Bonchev–Trinajstić information content (AvgIpc) is 3.10. The van der Waals surface area contributed by atoms with Crippen molar-refractivity contribution >= 4 is 44.2 Å². The van der Waals surface area contributed by atoms with E-state index in [1.807, 2.05) is 54.6 Å². The molecule has 2 heterocycles. The fourth-order valence-electron chi connectivity index (χ4n) is 2.64. The van der Waals surface area contributed by atoms with Crippen LogP contribution >= 0.6 is 22.9 Å². The Morgan fingerprint density at radius 1 is 1.08 bits per heavy atom. The number of hydrogen-bond donors (Lipinski definition) is 0. The Balaban J connectivity index is 1.77. The van der Waals surface area contributed by atoms with Gasteiger partial charge in [-0.05, 0) is 42.0 Å². The summed E-state index contributed by atoms with van der Waals surface area (Å²) in [5.74, 6) is -0.0976. The van der Waals surface area contributed by atoms with Gasteiger partial charge in [-0.3, -0.25) is 14.7 Å². The molecule has 0 atom stereocenters. The van der Waals surface area contributed by atoms with Crippen molar-refractivity contribution in [2.24, 2.45) is 0 Å². The number of fused-ring (bicyclic) bond motifs is 1. The van der Waals surface area contributed by atoms with E-state index in [2.05, 4.69) is 9.97 Å². The molecule has 26 heavy (non-hydrogen) atoms. The lowest BCUT2D eigenvalue weighted by Gasteiger charge is -2.20.